The molecular weight excluding hydrogens is 2580 g/mol. The van der Waals surface area contributed by atoms with Crippen molar-refractivity contribution in [2.75, 3.05) is 0 Å². The van der Waals surface area contributed by atoms with Gasteiger partial charge in [-0.25, -0.2) is 4.79 Å². The Bertz CT molecular complexity index is 2770. The molecule has 0 bridgehead atoms. The molecule has 0 atom stereocenters. The number of aromatic carboxylic acids is 1. The van der Waals surface area contributed by atoms with E-state index in [2.05, 4.69) is 4.74 Å². The third-order valence-corrected chi connectivity index (χ3v) is 8.04. The number of benzene rings is 5. The molecule has 0 aliphatic rings. The van der Waals surface area contributed by atoms with E-state index in [4.69, 9.17) is 147 Å². The fourth-order valence-electron chi connectivity index (χ4n) is 3.28. The Hall–Kier alpha value is -2.76. The molecule has 0 aromatic heterocycles. The minimum Gasteiger partial charge on any atom is -0.481 e. The van der Waals surface area contributed by atoms with E-state index in [0.29, 0.717) is 27.8 Å². The monoisotopic (exact) mass is 2670 g/mol. The fourth-order valence-corrected chi connectivity index (χ4v) is 3.28. The van der Waals surface area contributed by atoms with Crippen LogP contribution in [0.2, 0.25) is 0 Å². The van der Waals surface area contributed by atoms with Crippen LogP contribution in [-0.4, -0.2) is 267 Å². The summed E-state index contributed by atoms with van der Waals surface area (Å²) in [7, 11) is 0. The number of ether oxygens (including phenoxy) is 1. The van der Waals surface area contributed by atoms with Gasteiger partial charge in [0, 0.05) is 255 Å². The number of hydrogen-bond acceptors (Lipinski definition) is 30. The van der Waals surface area contributed by atoms with Crippen LogP contribution in [-0.2, 0) is 229 Å². The van der Waals surface area contributed by atoms with Gasteiger partial charge in [-0.05, 0) is 12.1 Å². The normalized spacial score (nSPS) is 9.41. The first kappa shape index (κ1) is 212. The van der Waals surface area contributed by atoms with Gasteiger partial charge < -0.3 is 143 Å². The molecule has 0 aliphatic heterocycles. The average Bonchev–Trinajstić information content (AvgIpc) is 0.940. The molecule has 880 valence electrons. The maximum Gasteiger partial charge on any atom is 0.439 e. The van der Waals surface area contributed by atoms with E-state index < -0.39 is 155 Å². The van der Waals surface area contributed by atoms with Crippen molar-refractivity contribution in [1.29, 1.82) is 0 Å². The van der Waals surface area contributed by atoms with Gasteiger partial charge in [0.1, 0.15) is 0 Å². The van der Waals surface area contributed by atoms with Gasteiger partial charge in [0.25, 0.3) is 62.3 Å². The van der Waals surface area contributed by atoms with Crippen molar-refractivity contribution in [3.63, 3.8) is 0 Å². The zero-order valence-electron chi connectivity index (χ0n) is 71.6. The van der Waals surface area contributed by atoms with Crippen LogP contribution in [0.15, 0.2) is 152 Å². The molecule has 5 aromatic rings. The first-order chi connectivity index (χ1) is 56.7. The van der Waals surface area contributed by atoms with Gasteiger partial charge in [-0.2, -0.15) is 105 Å². The largest absolute Gasteiger partial charge is 0.481 e. The number of hydrogen-bond donors (Lipinski definition) is 27. The number of carbonyl (C=O) groups excluding carboxylic acids is 2. The van der Waals surface area contributed by atoms with E-state index in [1.807, 2.05) is 93.5 Å². The number of aliphatic hydroxyl groups is 24. The number of aliphatic hydroxyl groups excluding tert-OH is 12. The Balaban J connectivity index is -0.0000000356. The third-order valence-electron chi connectivity index (χ3n) is 8.04. The summed E-state index contributed by atoms with van der Waals surface area (Å²) in [5, 5.41) is 209. The van der Waals surface area contributed by atoms with Gasteiger partial charge in [0.2, 0.25) is 0 Å². The van der Waals surface area contributed by atoms with Crippen molar-refractivity contribution < 1.29 is 477 Å². The zero-order valence-corrected chi connectivity index (χ0v) is 82.9. The minimum atomic E-state index is -4.89. The van der Waals surface area contributed by atoms with Gasteiger partial charge in [-0.3, -0.25) is 19.2 Å². The Morgan fingerprint density at radius 2 is 0.283 bits per heavy atom. The third kappa shape index (κ3) is 195. The minimum absolute atomic E-state index is 0. The van der Waals surface area contributed by atoms with Crippen LogP contribution in [0.5, 0.6) is 0 Å². The molecule has 0 heterocycles. The van der Waals surface area contributed by atoms with Crippen LogP contribution in [0.3, 0.4) is 0 Å². The summed E-state index contributed by atoms with van der Waals surface area (Å²) in [4.78, 5) is 47.8. The maximum absolute atomic E-state index is 10.7. The molecule has 0 saturated heterocycles. The number of rotatable bonds is 5. The number of alkyl halides is 24. The van der Waals surface area contributed by atoms with Gasteiger partial charge in [0.15, 0.2) is 25.2 Å². The van der Waals surface area contributed by atoms with Gasteiger partial charge >= 0.3 is 67.3 Å². The second-order valence-electron chi connectivity index (χ2n) is 18.3. The SMILES string of the molecule is CC.CC.CC.CC.CC.CC(=O)O.CC(=O)O.CC(=O)OC(C)=O.O=C(O)c1ccccc1.OC(O)C(F)(F)F.OC(O)C(F)(F)F.OC(O)C(F)(F)F.OC(O)C(F)(F)F.OC(O)C(F)(F)F.OC(O)C(F)(F)F.OC(O)C(F)(F)F.OC(O)C(F)(F)F.OC(O)c1ccccc1.OC(O)c1ccccc1.OC(O)c1ccccc1.OC(O)c1ccccc1.[Cu].[Cu].[Cu].[Cu].[Cu].[Cu].[Cu].[Cu].[Cu].[Cu].[Cu].[Cu]. The maximum atomic E-state index is 10.7. The summed E-state index contributed by atoms with van der Waals surface area (Å²) >= 11 is 0. The van der Waals surface area contributed by atoms with Crippen LogP contribution in [0, 0.1) is 0 Å². The van der Waals surface area contributed by atoms with Crippen LogP contribution in [0.25, 0.3) is 0 Å². The predicted molar refractivity (Wildman–Crippen MR) is 388 cm³/mol. The summed E-state index contributed by atoms with van der Waals surface area (Å²) in [6, 6.07) is 42.9. The van der Waals surface area contributed by atoms with E-state index in [9.17, 15) is 120 Å². The standard InChI is InChI=1S/4C7H8O2.C7H6O2.C4H6O3.8C2H3F3O2.2C2H4O2.5C2H6.12Cu/c5*8-7(9)6-4-2-1-3-5-6;1-3(5)7-4(2)6;8*3-2(4,5)1(6)7;2*1-2(3)4;5*1-2;;;;;;;;;;;;/h4*1-5,7-9H;1-5H,(H,8,9);1-2H3;8*1,6-7H;2*1H3,(H,3,4);5*1-2H3;;;;;;;;;;;;. The average molecular weight is 2680 g/mol. The number of carboxylic acid groups (broad SMARTS) is 3. The second kappa shape index (κ2) is 127. The van der Waals surface area contributed by atoms with Crippen molar-refractivity contribution >= 4 is 29.8 Å². The Labute approximate surface area is 900 Å². The summed E-state index contributed by atoms with van der Waals surface area (Å²) in [5.41, 5.74) is 2.43. The van der Waals surface area contributed by atoms with Crippen molar-refractivity contribution in [1.82, 2.24) is 0 Å². The number of carboxylic acids is 3. The molecule has 0 spiro atoms. The van der Waals surface area contributed by atoms with Crippen LogP contribution >= 0.6 is 0 Å². The smallest absolute Gasteiger partial charge is 0.439 e. The molecule has 12 radical (unpaired) electrons. The van der Waals surface area contributed by atoms with E-state index >= 15 is 0 Å². The van der Waals surface area contributed by atoms with Crippen molar-refractivity contribution in [3.05, 3.63) is 179 Å². The summed E-state index contributed by atoms with van der Waals surface area (Å²) in [5.74, 6) is -3.67. The van der Waals surface area contributed by atoms with E-state index in [1.54, 1.807) is 127 Å². The molecule has 5 aromatic carbocycles. The van der Waals surface area contributed by atoms with Crippen molar-refractivity contribution in [3.8, 4) is 0 Å². The molecule has 69 heteroatoms. The quantitative estimate of drug-likeness (QED) is 0.0258. The summed E-state index contributed by atoms with van der Waals surface area (Å²) < 4.78 is 260. The molecule has 0 fully saturated rings. The summed E-state index contributed by atoms with van der Waals surface area (Å²) in [6.07, 6.45) is -70.1. The second-order valence-corrected chi connectivity index (χ2v) is 18.3. The Morgan fingerprint density at radius 1 is 0.203 bits per heavy atom. The van der Waals surface area contributed by atoms with Crippen LogP contribution in [0.1, 0.15) is 155 Å². The molecular formula is C69H106Cu12F24O33. The number of esters is 2. The van der Waals surface area contributed by atoms with E-state index in [-0.39, 0.29) is 205 Å². The molecule has 0 unspecified atom stereocenters. The molecule has 0 saturated carbocycles. The molecule has 5 rings (SSSR count). The first-order valence-electron chi connectivity index (χ1n) is 33.1. The zero-order chi connectivity index (χ0) is 105. The number of halogens is 24. The number of carbonyl (C=O) groups is 5. The first-order valence-corrected chi connectivity index (χ1v) is 33.1. The molecule has 33 nitrogen and oxygen atoms in total. The molecule has 0 aliphatic carbocycles. The van der Waals surface area contributed by atoms with Crippen LogP contribution < -0.4 is 0 Å². The molecule has 138 heavy (non-hydrogen) atoms. The van der Waals surface area contributed by atoms with Gasteiger partial charge in [-0.1, -0.05) is 209 Å². The van der Waals surface area contributed by atoms with Crippen LogP contribution in [0.4, 0.5) is 105 Å². The Kier molecular flexibility index (Phi) is 194. The van der Waals surface area contributed by atoms with Crippen molar-refractivity contribution in [2.24, 2.45) is 0 Å². The Morgan fingerprint density at radius 3 is 0.319 bits per heavy atom. The van der Waals surface area contributed by atoms with Crippen molar-refractivity contribution in [2.45, 2.75) is 222 Å². The van der Waals surface area contributed by atoms with Gasteiger partial charge in [-0.15, -0.1) is 0 Å². The summed E-state index contributed by atoms with van der Waals surface area (Å²) in [6.45, 7) is 24.5. The molecule has 0 amide bonds. The molecule has 27 N–H and O–H groups in total. The predicted octanol–water partition coefficient (Wildman–Crippen LogP) is 8.32. The van der Waals surface area contributed by atoms with Gasteiger partial charge in [0.05, 0.1) is 5.56 Å². The van der Waals surface area contributed by atoms with E-state index in [0.717, 1.165) is 13.8 Å². The fraction of sp³-hybridized carbons (Fsp3) is 0.493. The number of aliphatic carboxylic acids is 2. The van der Waals surface area contributed by atoms with E-state index in [1.165, 1.54) is 13.8 Å². The topological polar surface area (TPSA) is 641 Å².